The van der Waals surface area contributed by atoms with E-state index in [0.29, 0.717) is 12.8 Å². The zero-order valence-electron chi connectivity index (χ0n) is 10.0. The minimum atomic E-state index is -1.01. The van der Waals surface area contributed by atoms with Gasteiger partial charge in [0.25, 0.3) is 0 Å². The van der Waals surface area contributed by atoms with Gasteiger partial charge >= 0.3 is 5.97 Å². The molecule has 19 heavy (non-hydrogen) atoms. The Morgan fingerprint density at radius 3 is 2.37 bits per heavy atom. The van der Waals surface area contributed by atoms with Gasteiger partial charge in [0.05, 0.1) is 18.1 Å². The Morgan fingerprint density at radius 1 is 1.42 bits per heavy atom. The normalized spacial score (nSPS) is 16.3. The summed E-state index contributed by atoms with van der Waals surface area (Å²) in [7, 11) is 0. The molecule has 1 aromatic rings. The van der Waals surface area contributed by atoms with Crippen LogP contribution in [-0.4, -0.2) is 16.6 Å². The highest BCUT2D eigenvalue weighted by atomic mass is 19.1. The lowest BCUT2D eigenvalue weighted by atomic mass is 9.74. The fourth-order valence-corrected chi connectivity index (χ4v) is 2.26. The molecule has 1 aliphatic carbocycles. The Labute approximate surface area is 108 Å². The lowest BCUT2D eigenvalue weighted by Gasteiger charge is -2.42. The molecule has 0 unspecified atom stereocenters. The molecule has 100 valence electrons. The molecule has 0 spiro atoms. The van der Waals surface area contributed by atoms with Gasteiger partial charge in [0.1, 0.15) is 5.69 Å². The minimum absolute atomic E-state index is 0.110. The van der Waals surface area contributed by atoms with E-state index < -0.39 is 23.1 Å². The first kappa shape index (κ1) is 13.3. The van der Waals surface area contributed by atoms with Crippen molar-refractivity contribution < 1.29 is 18.7 Å². The second-order valence-corrected chi connectivity index (χ2v) is 4.76. The standard InChI is InChI=1S/C13H12F2N2O2/c14-9-4-8(7-16)5-10(15)12(9)17-13(2-1-3-13)6-11(18)19/h4-5,17H,1-3,6H2,(H,18,19). The quantitative estimate of drug-likeness (QED) is 0.878. The van der Waals surface area contributed by atoms with E-state index in [1.165, 1.54) is 0 Å². The van der Waals surface area contributed by atoms with E-state index in [2.05, 4.69) is 5.32 Å². The highest BCUT2D eigenvalue weighted by molar-refractivity contribution is 5.70. The highest BCUT2D eigenvalue weighted by Crippen LogP contribution is 2.39. The van der Waals surface area contributed by atoms with Gasteiger partial charge in [0.15, 0.2) is 11.6 Å². The molecule has 0 radical (unpaired) electrons. The molecule has 0 saturated heterocycles. The van der Waals surface area contributed by atoms with Crippen LogP contribution >= 0.6 is 0 Å². The molecule has 0 atom stereocenters. The zero-order valence-corrected chi connectivity index (χ0v) is 10.0. The summed E-state index contributed by atoms with van der Waals surface area (Å²) in [6.07, 6.45) is 1.74. The van der Waals surface area contributed by atoms with Crippen molar-refractivity contribution in [2.75, 3.05) is 5.32 Å². The number of carboxylic acid groups (broad SMARTS) is 1. The third-order valence-corrected chi connectivity index (χ3v) is 3.36. The van der Waals surface area contributed by atoms with Gasteiger partial charge in [0.2, 0.25) is 0 Å². The Kier molecular flexibility index (Phi) is 3.38. The summed E-state index contributed by atoms with van der Waals surface area (Å²) in [6, 6.07) is 3.52. The monoisotopic (exact) mass is 266 g/mol. The van der Waals surface area contributed by atoms with Crippen LogP contribution in [-0.2, 0) is 4.79 Å². The average molecular weight is 266 g/mol. The molecule has 1 aromatic carbocycles. The molecule has 0 heterocycles. The van der Waals surface area contributed by atoms with Crippen molar-refractivity contribution in [3.63, 3.8) is 0 Å². The highest BCUT2D eigenvalue weighted by Gasteiger charge is 2.40. The largest absolute Gasteiger partial charge is 0.481 e. The number of rotatable bonds is 4. The third kappa shape index (κ3) is 2.65. The molecule has 1 fully saturated rings. The Hall–Kier alpha value is -2.16. The van der Waals surface area contributed by atoms with Crippen molar-refractivity contribution in [2.24, 2.45) is 0 Å². The minimum Gasteiger partial charge on any atom is -0.481 e. The van der Waals surface area contributed by atoms with Gasteiger partial charge in [-0.2, -0.15) is 5.26 Å². The number of hydrogen-bond acceptors (Lipinski definition) is 3. The van der Waals surface area contributed by atoms with Gasteiger partial charge < -0.3 is 10.4 Å². The summed E-state index contributed by atoms with van der Waals surface area (Å²) in [4.78, 5) is 10.8. The smallest absolute Gasteiger partial charge is 0.305 e. The Morgan fingerprint density at radius 2 is 2.00 bits per heavy atom. The van der Waals surface area contributed by atoms with E-state index in [0.717, 1.165) is 18.6 Å². The van der Waals surface area contributed by atoms with Crippen molar-refractivity contribution >= 4 is 11.7 Å². The maximum Gasteiger partial charge on any atom is 0.305 e. The van der Waals surface area contributed by atoms with Crippen LogP contribution in [0.4, 0.5) is 14.5 Å². The summed E-state index contributed by atoms with van der Waals surface area (Å²) in [5.74, 6) is -2.77. The van der Waals surface area contributed by atoms with Gasteiger partial charge in [-0.3, -0.25) is 4.79 Å². The number of halogens is 2. The summed E-state index contributed by atoms with van der Waals surface area (Å²) >= 11 is 0. The first-order valence-electron chi connectivity index (χ1n) is 5.85. The van der Waals surface area contributed by atoms with Crippen molar-refractivity contribution in [3.05, 3.63) is 29.3 Å². The Bertz CT molecular complexity index is 539. The number of nitriles is 1. The predicted octanol–water partition coefficient (Wildman–Crippen LogP) is 2.65. The van der Waals surface area contributed by atoms with Gasteiger partial charge in [0, 0.05) is 5.54 Å². The van der Waals surface area contributed by atoms with Gasteiger partial charge in [-0.1, -0.05) is 0 Å². The first-order chi connectivity index (χ1) is 8.96. The second kappa shape index (κ2) is 4.84. The number of benzene rings is 1. The second-order valence-electron chi connectivity index (χ2n) is 4.76. The van der Waals surface area contributed by atoms with E-state index >= 15 is 0 Å². The van der Waals surface area contributed by atoms with Gasteiger partial charge in [-0.05, 0) is 31.4 Å². The van der Waals surface area contributed by atoms with Crippen molar-refractivity contribution in [3.8, 4) is 6.07 Å². The Balaban J connectivity index is 2.28. The van der Waals surface area contributed by atoms with Crippen molar-refractivity contribution in [1.29, 1.82) is 5.26 Å². The summed E-state index contributed by atoms with van der Waals surface area (Å²) in [5, 5.41) is 20.1. The summed E-state index contributed by atoms with van der Waals surface area (Å²) in [5.41, 5.74) is -1.26. The molecule has 6 heteroatoms. The maximum absolute atomic E-state index is 13.7. The summed E-state index contributed by atoms with van der Waals surface area (Å²) in [6.45, 7) is 0. The number of anilines is 1. The molecule has 0 aliphatic heterocycles. The third-order valence-electron chi connectivity index (χ3n) is 3.36. The molecular weight excluding hydrogens is 254 g/mol. The molecule has 0 aromatic heterocycles. The van der Waals surface area contributed by atoms with Crippen LogP contribution in [0.3, 0.4) is 0 Å². The average Bonchev–Trinajstić information content (AvgIpc) is 2.29. The van der Waals surface area contributed by atoms with E-state index in [-0.39, 0.29) is 17.7 Å². The molecule has 0 bridgehead atoms. The molecule has 1 aliphatic rings. The number of hydrogen-bond donors (Lipinski definition) is 2. The lowest BCUT2D eigenvalue weighted by Crippen LogP contribution is -2.47. The molecule has 4 nitrogen and oxygen atoms in total. The van der Waals surface area contributed by atoms with Crippen LogP contribution < -0.4 is 5.32 Å². The first-order valence-corrected chi connectivity index (χ1v) is 5.85. The number of aliphatic carboxylic acids is 1. The van der Waals surface area contributed by atoms with Crippen molar-refractivity contribution in [1.82, 2.24) is 0 Å². The van der Waals surface area contributed by atoms with Crippen LogP contribution in [0.5, 0.6) is 0 Å². The van der Waals surface area contributed by atoms with Crippen LogP contribution in [0.25, 0.3) is 0 Å². The van der Waals surface area contributed by atoms with Crippen molar-refractivity contribution in [2.45, 2.75) is 31.2 Å². The van der Waals surface area contributed by atoms with Crippen LogP contribution in [0.15, 0.2) is 12.1 Å². The van der Waals surface area contributed by atoms with Gasteiger partial charge in [-0.25, -0.2) is 8.78 Å². The molecule has 1 saturated carbocycles. The lowest BCUT2D eigenvalue weighted by molar-refractivity contribution is -0.138. The van der Waals surface area contributed by atoms with Crippen LogP contribution in [0.2, 0.25) is 0 Å². The maximum atomic E-state index is 13.7. The van der Waals surface area contributed by atoms with Crippen LogP contribution in [0.1, 0.15) is 31.2 Å². The van der Waals surface area contributed by atoms with E-state index in [9.17, 15) is 13.6 Å². The number of carboxylic acids is 1. The SMILES string of the molecule is N#Cc1cc(F)c(NC2(CC(=O)O)CCC2)c(F)c1. The predicted molar refractivity (Wildman–Crippen MR) is 63.5 cm³/mol. The van der Waals surface area contributed by atoms with E-state index in [4.69, 9.17) is 10.4 Å². The molecule has 0 amide bonds. The number of nitrogens with zero attached hydrogens (tertiary/aromatic N) is 1. The topological polar surface area (TPSA) is 73.1 Å². The fraction of sp³-hybridized carbons (Fsp3) is 0.385. The van der Waals surface area contributed by atoms with E-state index in [1.807, 2.05) is 0 Å². The van der Waals surface area contributed by atoms with Gasteiger partial charge in [-0.15, -0.1) is 0 Å². The zero-order chi connectivity index (χ0) is 14.0. The number of nitrogens with one attached hydrogen (secondary N) is 1. The molecule has 2 N–H and O–H groups in total. The van der Waals surface area contributed by atoms with E-state index in [1.54, 1.807) is 6.07 Å². The molecular formula is C13H12F2N2O2. The summed E-state index contributed by atoms with van der Waals surface area (Å²) < 4.78 is 27.5. The fourth-order valence-electron chi connectivity index (χ4n) is 2.26. The molecule has 2 rings (SSSR count). The van der Waals surface area contributed by atoms with Crippen LogP contribution in [0, 0.1) is 23.0 Å². The number of carbonyl (C=O) groups is 1.